The van der Waals surface area contributed by atoms with Crippen LogP contribution in [-0.2, 0) is 9.59 Å². The van der Waals surface area contributed by atoms with Crippen molar-refractivity contribution in [2.24, 2.45) is 0 Å². The van der Waals surface area contributed by atoms with Crippen molar-refractivity contribution in [3.05, 3.63) is 65.7 Å². The molecular weight excluding hydrogens is 312 g/mol. The molecule has 2 aromatic rings. The van der Waals surface area contributed by atoms with Gasteiger partial charge in [-0.05, 0) is 36.0 Å². The number of benzene rings is 2. The number of hydrogen-bond donors (Lipinski definition) is 1. The molecule has 25 heavy (non-hydrogen) atoms. The molecule has 0 spiro atoms. The quantitative estimate of drug-likeness (QED) is 0.913. The lowest BCUT2D eigenvalue weighted by atomic mass is 9.86. The van der Waals surface area contributed by atoms with E-state index >= 15 is 0 Å². The molecule has 0 aliphatic carbocycles. The number of likely N-dealkylation sites (tertiary alicyclic amines) is 1. The van der Waals surface area contributed by atoms with E-state index in [1.165, 1.54) is 5.56 Å². The fourth-order valence-electron chi connectivity index (χ4n) is 4.01. The lowest BCUT2D eigenvalue weighted by Crippen LogP contribution is -2.42. The Balaban J connectivity index is 1.47. The molecule has 2 aromatic carbocycles. The molecule has 4 rings (SSSR count). The highest BCUT2D eigenvalue weighted by Gasteiger charge is 2.34. The molecule has 1 atom stereocenters. The second kappa shape index (κ2) is 6.71. The van der Waals surface area contributed by atoms with Crippen LogP contribution < -0.4 is 5.32 Å². The minimum atomic E-state index is -0.349. The number of nitrogens with one attached hydrogen (secondary N) is 1. The number of amides is 2. The summed E-state index contributed by atoms with van der Waals surface area (Å²) in [7, 11) is 0. The molecule has 128 valence electrons. The fraction of sp³-hybridized carbons (Fsp3) is 0.333. The van der Waals surface area contributed by atoms with Gasteiger partial charge in [-0.1, -0.05) is 48.5 Å². The maximum atomic E-state index is 13.1. The van der Waals surface area contributed by atoms with Crippen molar-refractivity contribution in [3.63, 3.8) is 0 Å². The van der Waals surface area contributed by atoms with Gasteiger partial charge in [-0.2, -0.15) is 0 Å². The van der Waals surface area contributed by atoms with Crippen LogP contribution in [0.25, 0.3) is 0 Å². The van der Waals surface area contributed by atoms with E-state index in [1.807, 2.05) is 35.2 Å². The van der Waals surface area contributed by atoms with Crippen LogP contribution in [0.5, 0.6) is 0 Å². The zero-order valence-electron chi connectivity index (χ0n) is 14.2. The molecular formula is C21H22N2O2. The molecule has 1 N–H and O–H groups in total. The predicted octanol–water partition coefficient (Wildman–Crippen LogP) is 3.52. The Labute approximate surface area is 147 Å². The van der Waals surface area contributed by atoms with E-state index in [9.17, 15) is 9.59 Å². The van der Waals surface area contributed by atoms with Gasteiger partial charge < -0.3 is 10.2 Å². The first kappa shape index (κ1) is 15.9. The first-order chi connectivity index (χ1) is 12.2. The number of rotatable bonds is 2. The van der Waals surface area contributed by atoms with Crippen molar-refractivity contribution in [1.29, 1.82) is 0 Å². The second-order valence-corrected chi connectivity index (χ2v) is 6.90. The number of para-hydroxylation sites is 1. The fourth-order valence-corrected chi connectivity index (χ4v) is 4.01. The first-order valence-electron chi connectivity index (χ1n) is 8.95. The van der Waals surface area contributed by atoms with E-state index in [0.29, 0.717) is 5.92 Å². The van der Waals surface area contributed by atoms with E-state index in [0.717, 1.165) is 37.2 Å². The van der Waals surface area contributed by atoms with Gasteiger partial charge in [0.25, 0.3) is 0 Å². The standard InChI is InChI=1S/C21H22N2O2/c24-20-14-18(17-8-4-5-9-19(17)22-20)21(25)23-12-10-16(11-13-23)15-6-2-1-3-7-15/h1-9,16,18H,10-14H2,(H,22,24)/t18-/m0/s1. The monoisotopic (exact) mass is 334 g/mol. The van der Waals surface area contributed by atoms with Crippen molar-refractivity contribution in [2.45, 2.75) is 31.1 Å². The number of anilines is 1. The number of hydrogen-bond acceptors (Lipinski definition) is 2. The minimum Gasteiger partial charge on any atom is -0.342 e. The van der Waals surface area contributed by atoms with E-state index in [4.69, 9.17) is 0 Å². The largest absolute Gasteiger partial charge is 0.342 e. The molecule has 0 bridgehead atoms. The van der Waals surface area contributed by atoms with Gasteiger partial charge in [-0.3, -0.25) is 9.59 Å². The lowest BCUT2D eigenvalue weighted by Gasteiger charge is -2.35. The molecule has 0 saturated carbocycles. The molecule has 1 saturated heterocycles. The van der Waals surface area contributed by atoms with Crippen molar-refractivity contribution < 1.29 is 9.59 Å². The molecule has 0 radical (unpaired) electrons. The molecule has 0 aromatic heterocycles. The number of piperidine rings is 1. The maximum absolute atomic E-state index is 13.1. The molecule has 2 heterocycles. The molecule has 4 heteroatoms. The molecule has 2 aliphatic heterocycles. The average molecular weight is 334 g/mol. The molecule has 1 fully saturated rings. The molecule has 2 aliphatic rings. The third kappa shape index (κ3) is 3.16. The van der Waals surface area contributed by atoms with Gasteiger partial charge in [0.05, 0.1) is 5.92 Å². The topological polar surface area (TPSA) is 49.4 Å². The summed E-state index contributed by atoms with van der Waals surface area (Å²) in [5.41, 5.74) is 3.07. The van der Waals surface area contributed by atoms with Crippen molar-refractivity contribution in [2.75, 3.05) is 18.4 Å². The summed E-state index contributed by atoms with van der Waals surface area (Å²) in [6.07, 6.45) is 2.21. The van der Waals surface area contributed by atoms with Gasteiger partial charge in [0, 0.05) is 25.2 Å². The minimum absolute atomic E-state index is 0.0729. The van der Waals surface area contributed by atoms with Gasteiger partial charge in [0.2, 0.25) is 11.8 Å². The van der Waals surface area contributed by atoms with E-state index in [1.54, 1.807) is 0 Å². The van der Waals surface area contributed by atoms with Gasteiger partial charge in [-0.25, -0.2) is 0 Å². The highest BCUT2D eigenvalue weighted by Crippen LogP contribution is 2.35. The van der Waals surface area contributed by atoms with Crippen LogP contribution in [0.1, 0.15) is 42.2 Å². The second-order valence-electron chi connectivity index (χ2n) is 6.90. The summed E-state index contributed by atoms with van der Waals surface area (Å²) >= 11 is 0. The predicted molar refractivity (Wildman–Crippen MR) is 97.4 cm³/mol. The van der Waals surface area contributed by atoms with Gasteiger partial charge in [-0.15, -0.1) is 0 Å². The number of carbonyl (C=O) groups excluding carboxylic acids is 2. The van der Waals surface area contributed by atoms with Crippen molar-refractivity contribution in [1.82, 2.24) is 4.90 Å². The smallest absolute Gasteiger partial charge is 0.230 e. The highest BCUT2D eigenvalue weighted by atomic mass is 16.2. The van der Waals surface area contributed by atoms with Crippen LogP contribution in [-0.4, -0.2) is 29.8 Å². The SMILES string of the molecule is O=C1C[C@H](C(=O)N2CCC(c3ccccc3)CC2)c2ccccc2N1. The zero-order valence-corrected chi connectivity index (χ0v) is 14.2. The summed E-state index contributed by atoms with van der Waals surface area (Å²) in [5, 5.41) is 2.87. The number of fused-ring (bicyclic) bond motifs is 1. The Bertz CT molecular complexity index is 779. The van der Waals surface area contributed by atoms with Crippen LogP contribution >= 0.6 is 0 Å². The van der Waals surface area contributed by atoms with Crippen LogP contribution in [0.15, 0.2) is 54.6 Å². The first-order valence-corrected chi connectivity index (χ1v) is 8.95. The molecule has 4 nitrogen and oxygen atoms in total. The summed E-state index contributed by atoms with van der Waals surface area (Å²) in [5.74, 6) is 0.190. The Kier molecular flexibility index (Phi) is 4.26. The van der Waals surface area contributed by atoms with Crippen LogP contribution in [0.4, 0.5) is 5.69 Å². The van der Waals surface area contributed by atoms with Gasteiger partial charge >= 0.3 is 0 Å². The van der Waals surface area contributed by atoms with Gasteiger partial charge in [0.1, 0.15) is 0 Å². The molecule has 0 unspecified atom stereocenters. The third-order valence-electron chi connectivity index (χ3n) is 5.38. The maximum Gasteiger partial charge on any atom is 0.230 e. The van der Waals surface area contributed by atoms with E-state index in [2.05, 4.69) is 29.6 Å². The van der Waals surface area contributed by atoms with Crippen LogP contribution in [0.2, 0.25) is 0 Å². The lowest BCUT2D eigenvalue weighted by molar-refractivity contribution is -0.135. The molecule has 2 amide bonds. The van der Waals surface area contributed by atoms with E-state index in [-0.39, 0.29) is 24.2 Å². The number of nitrogens with zero attached hydrogens (tertiary/aromatic N) is 1. The normalized spacial score (nSPS) is 20.7. The average Bonchev–Trinajstić information content (AvgIpc) is 2.67. The van der Waals surface area contributed by atoms with Crippen molar-refractivity contribution in [3.8, 4) is 0 Å². The summed E-state index contributed by atoms with van der Waals surface area (Å²) < 4.78 is 0. The van der Waals surface area contributed by atoms with Crippen molar-refractivity contribution >= 4 is 17.5 Å². The third-order valence-corrected chi connectivity index (χ3v) is 5.38. The Morgan fingerprint density at radius 1 is 0.960 bits per heavy atom. The Morgan fingerprint density at radius 3 is 2.40 bits per heavy atom. The highest BCUT2D eigenvalue weighted by molar-refractivity contribution is 6.01. The van der Waals surface area contributed by atoms with Crippen LogP contribution in [0, 0.1) is 0 Å². The summed E-state index contributed by atoms with van der Waals surface area (Å²) in [4.78, 5) is 27.0. The zero-order chi connectivity index (χ0) is 17.2. The summed E-state index contributed by atoms with van der Waals surface area (Å²) in [6.45, 7) is 1.53. The van der Waals surface area contributed by atoms with Gasteiger partial charge in [0.15, 0.2) is 0 Å². The van der Waals surface area contributed by atoms with Crippen LogP contribution in [0.3, 0.4) is 0 Å². The summed E-state index contributed by atoms with van der Waals surface area (Å²) in [6, 6.07) is 18.2. The Morgan fingerprint density at radius 2 is 1.64 bits per heavy atom. The van der Waals surface area contributed by atoms with E-state index < -0.39 is 0 Å². The Hall–Kier alpha value is -2.62. The number of carbonyl (C=O) groups is 2.